The Morgan fingerprint density at radius 1 is 1.33 bits per heavy atom. The number of hydrogen-bond donors (Lipinski definition) is 0. The van der Waals surface area contributed by atoms with E-state index in [1.165, 1.54) is 16.4 Å². The molecule has 2 rings (SSSR count). The first-order valence-corrected chi connectivity index (χ1v) is 6.60. The number of nitrogens with zero attached hydrogens (tertiary/aromatic N) is 3. The second kappa shape index (κ2) is 6.13. The minimum atomic E-state index is 0.667. The van der Waals surface area contributed by atoms with E-state index in [1.807, 2.05) is 25.4 Å². The van der Waals surface area contributed by atoms with Crippen molar-refractivity contribution in [2.75, 3.05) is 14.2 Å². The summed E-state index contributed by atoms with van der Waals surface area (Å²) < 4.78 is 9.23. The van der Waals surface area contributed by atoms with Crippen LogP contribution in [0.3, 0.4) is 0 Å². The smallest absolute Gasteiger partial charge is 0.225 e. The van der Waals surface area contributed by atoms with E-state index >= 15 is 0 Å². The van der Waals surface area contributed by atoms with Crippen molar-refractivity contribution in [3.05, 3.63) is 40.0 Å². The Hall–Kier alpha value is -1.17. The number of ether oxygens (including phenoxy) is 1. The Balaban J connectivity index is 1.94. The summed E-state index contributed by atoms with van der Waals surface area (Å²) in [4.78, 5) is 7.42. The van der Waals surface area contributed by atoms with E-state index in [1.54, 1.807) is 13.3 Å². The highest BCUT2D eigenvalue weighted by atomic mass is 35.5. The van der Waals surface area contributed by atoms with Gasteiger partial charge in [0.2, 0.25) is 5.88 Å². The van der Waals surface area contributed by atoms with Crippen LogP contribution in [0, 0.1) is 0 Å². The molecule has 0 radical (unpaired) electrons. The predicted molar refractivity (Wildman–Crippen MR) is 73.1 cm³/mol. The first-order chi connectivity index (χ1) is 8.67. The fourth-order valence-electron chi connectivity index (χ4n) is 1.64. The molecule has 2 aromatic heterocycles. The van der Waals surface area contributed by atoms with E-state index < -0.39 is 0 Å². The zero-order chi connectivity index (χ0) is 13.0. The van der Waals surface area contributed by atoms with Crippen molar-refractivity contribution < 1.29 is 4.74 Å². The number of hydrogen-bond acceptors (Lipinski definition) is 5. The maximum Gasteiger partial charge on any atom is 0.225 e. The zero-order valence-corrected chi connectivity index (χ0v) is 11.8. The molecule has 0 spiro atoms. The first kappa shape index (κ1) is 13.3. The molecule has 0 fully saturated rings. The molecule has 0 aliphatic rings. The summed E-state index contributed by atoms with van der Waals surface area (Å²) >= 11 is 7.36. The molecule has 18 heavy (non-hydrogen) atoms. The monoisotopic (exact) mass is 283 g/mol. The molecule has 2 aromatic rings. The third-order valence-electron chi connectivity index (χ3n) is 2.39. The Bertz CT molecular complexity index is 518. The zero-order valence-electron chi connectivity index (χ0n) is 10.3. The maximum absolute atomic E-state index is 5.91. The van der Waals surface area contributed by atoms with Gasteiger partial charge in [0.25, 0.3) is 0 Å². The van der Waals surface area contributed by atoms with Crippen molar-refractivity contribution in [1.29, 1.82) is 0 Å². The lowest BCUT2D eigenvalue weighted by Gasteiger charge is -2.15. The van der Waals surface area contributed by atoms with Gasteiger partial charge in [-0.25, -0.2) is 0 Å². The van der Waals surface area contributed by atoms with Crippen molar-refractivity contribution >= 4 is 23.1 Å². The Morgan fingerprint density at radius 2 is 2.17 bits per heavy atom. The summed E-state index contributed by atoms with van der Waals surface area (Å²) in [6.07, 6.45) is 3.47. The minimum Gasteiger partial charge on any atom is -0.480 e. The second-order valence-corrected chi connectivity index (χ2v) is 5.35. The predicted octanol–water partition coefficient (Wildman–Crippen LogP) is 2.83. The molecule has 0 atom stereocenters. The van der Waals surface area contributed by atoms with Crippen molar-refractivity contribution in [3.8, 4) is 5.88 Å². The molecule has 4 nitrogen and oxygen atoms in total. The van der Waals surface area contributed by atoms with Gasteiger partial charge >= 0.3 is 0 Å². The van der Waals surface area contributed by atoms with Crippen LogP contribution in [0.4, 0.5) is 0 Å². The molecule has 96 valence electrons. The topological polar surface area (TPSA) is 38.2 Å². The third kappa shape index (κ3) is 3.66. The normalized spacial score (nSPS) is 10.9. The molecular weight excluding hydrogens is 270 g/mol. The number of rotatable bonds is 5. The standard InChI is InChI=1S/C12H14ClN3OS/c1-16(7-9-3-10(13)6-14-5-9)8-11-4-12(17-2)15-18-11/h3-6H,7-8H2,1-2H3. The van der Waals surface area contributed by atoms with E-state index in [2.05, 4.69) is 14.3 Å². The molecular formula is C12H14ClN3OS. The highest BCUT2D eigenvalue weighted by Crippen LogP contribution is 2.18. The van der Waals surface area contributed by atoms with Crippen LogP contribution in [0.1, 0.15) is 10.4 Å². The van der Waals surface area contributed by atoms with Crippen molar-refractivity contribution in [3.63, 3.8) is 0 Å². The average molecular weight is 284 g/mol. The number of halogens is 1. The molecule has 0 aliphatic heterocycles. The first-order valence-electron chi connectivity index (χ1n) is 5.45. The molecule has 0 aliphatic carbocycles. The highest BCUT2D eigenvalue weighted by molar-refractivity contribution is 7.05. The van der Waals surface area contributed by atoms with Crippen LogP contribution in [-0.2, 0) is 13.1 Å². The van der Waals surface area contributed by atoms with Crippen LogP contribution < -0.4 is 4.74 Å². The molecule has 0 saturated heterocycles. The van der Waals surface area contributed by atoms with Crippen molar-refractivity contribution in [2.45, 2.75) is 13.1 Å². The maximum atomic E-state index is 5.91. The van der Waals surface area contributed by atoms with Gasteiger partial charge in [-0.1, -0.05) is 11.6 Å². The molecule has 0 N–H and O–H groups in total. The van der Waals surface area contributed by atoms with Gasteiger partial charge in [-0.2, -0.15) is 4.37 Å². The molecule has 6 heteroatoms. The molecule has 2 heterocycles. The summed E-state index contributed by atoms with van der Waals surface area (Å²) in [5, 5.41) is 0.667. The lowest BCUT2D eigenvalue weighted by molar-refractivity contribution is 0.321. The van der Waals surface area contributed by atoms with Crippen molar-refractivity contribution in [2.24, 2.45) is 0 Å². The summed E-state index contributed by atoms with van der Waals surface area (Å²) in [6.45, 7) is 1.63. The number of aromatic nitrogens is 2. The molecule has 0 aromatic carbocycles. The Morgan fingerprint density at radius 3 is 2.83 bits per heavy atom. The van der Waals surface area contributed by atoms with Gasteiger partial charge in [0.1, 0.15) is 0 Å². The van der Waals surface area contributed by atoms with E-state index in [9.17, 15) is 0 Å². The van der Waals surface area contributed by atoms with Crippen molar-refractivity contribution in [1.82, 2.24) is 14.3 Å². The average Bonchev–Trinajstić information content (AvgIpc) is 2.76. The minimum absolute atomic E-state index is 0.667. The van der Waals surface area contributed by atoms with Crippen LogP contribution in [0.25, 0.3) is 0 Å². The SMILES string of the molecule is COc1cc(CN(C)Cc2cncc(Cl)c2)sn1. The lowest BCUT2D eigenvalue weighted by atomic mass is 10.2. The lowest BCUT2D eigenvalue weighted by Crippen LogP contribution is -2.16. The Kier molecular flexibility index (Phi) is 4.52. The Labute approximate surface area is 115 Å². The van der Waals surface area contributed by atoms with Crippen LogP contribution in [0.15, 0.2) is 24.5 Å². The van der Waals surface area contributed by atoms with E-state index in [-0.39, 0.29) is 0 Å². The van der Waals surface area contributed by atoms with Gasteiger partial charge in [0.05, 0.1) is 12.1 Å². The van der Waals surface area contributed by atoms with Gasteiger partial charge in [-0.15, -0.1) is 0 Å². The summed E-state index contributed by atoms with van der Waals surface area (Å²) in [5.74, 6) is 0.674. The molecule has 0 saturated carbocycles. The fourth-order valence-corrected chi connectivity index (χ4v) is 2.60. The van der Waals surface area contributed by atoms with Gasteiger partial charge in [-0.05, 0) is 30.2 Å². The van der Waals surface area contributed by atoms with Gasteiger partial charge < -0.3 is 4.74 Å². The van der Waals surface area contributed by atoms with E-state index in [0.717, 1.165) is 18.7 Å². The van der Waals surface area contributed by atoms with Crippen LogP contribution in [-0.4, -0.2) is 28.4 Å². The van der Waals surface area contributed by atoms with Gasteiger partial charge in [0, 0.05) is 36.4 Å². The van der Waals surface area contributed by atoms with Crippen LogP contribution in [0.5, 0.6) is 5.88 Å². The summed E-state index contributed by atoms with van der Waals surface area (Å²) in [7, 11) is 3.67. The highest BCUT2D eigenvalue weighted by Gasteiger charge is 2.06. The molecule has 0 unspecified atom stereocenters. The number of methoxy groups -OCH3 is 1. The molecule has 0 bridgehead atoms. The van der Waals surface area contributed by atoms with E-state index in [0.29, 0.717) is 10.9 Å². The molecule has 0 amide bonds. The van der Waals surface area contributed by atoms with Gasteiger partial charge in [0.15, 0.2) is 0 Å². The third-order valence-corrected chi connectivity index (χ3v) is 3.35. The summed E-state index contributed by atoms with van der Waals surface area (Å²) in [5.41, 5.74) is 1.10. The van der Waals surface area contributed by atoms with E-state index in [4.69, 9.17) is 16.3 Å². The van der Waals surface area contributed by atoms with Gasteiger partial charge in [-0.3, -0.25) is 9.88 Å². The second-order valence-electron chi connectivity index (χ2n) is 4.02. The van der Waals surface area contributed by atoms with Crippen LogP contribution in [0.2, 0.25) is 5.02 Å². The fraction of sp³-hybridized carbons (Fsp3) is 0.333. The number of pyridine rings is 1. The summed E-state index contributed by atoms with van der Waals surface area (Å²) in [6, 6.07) is 3.88. The quantitative estimate of drug-likeness (QED) is 0.846. The van der Waals surface area contributed by atoms with Crippen LogP contribution >= 0.6 is 23.1 Å². The largest absolute Gasteiger partial charge is 0.480 e.